The average Bonchev–Trinajstić information content (AvgIpc) is 0.884. The Hall–Kier alpha value is -11.2. The molecule has 1 heterocycles. The van der Waals surface area contributed by atoms with E-state index in [9.17, 15) is 17.6 Å². The Balaban J connectivity index is 0.000000735. The normalized spacial score (nSPS) is 12.0. The number of halogens is 12. The van der Waals surface area contributed by atoms with Gasteiger partial charge in [0.05, 0.1) is 125 Å². The molecule has 0 radical (unpaired) electrons. The molecule has 0 saturated carbocycles. The van der Waals surface area contributed by atoms with Gasteiger partial charge >= 0.3 is 0 Å². The van der Waals surface area contributed by atoms with Crippen LogP contribution in [0.3, 0.4) is 0 Å². The number of rotatable bonds is 37. The average molecular weight is 1920 g/mol. The Morgan fingerprint density at radius 1 is 0.286 bits per heavy atom. The number of nitrogens with two attached hydrogens (primary N) is 7. The Labute approximate surface area is 768 Å². The van der Waals surface area contributed by atoms with E-state index >= 15 is 0 Å². The van der Waals surface area contributed by atoms with E-state index in [1.165, 1.54) is 98.2 Å². The first kappa shape index (κ1) is 113. The SMILES string of the molecule is CCCCONC(N)=N/N=C/c1c(Cl)cccc1Cl.CCCCONC(N)=N/N=C/c1c(F)cccc1Cl.CCCCONC(N)=N/N=C/c1ccccc1Cl.CCCONC(N)=N/N=C/c1c(F)cccc1Cl.CCCONC(N)=N/N=C/c1c(F)cccc1Cl.CCCONC(N)=N/N=C/c1ccncc1Cl.CCONC(N)=N/N=C/c1c(F)cccc1Cl. The minimum absolute atomic E-state index is 0.0141. The molecule has 7 rings (SSSR count). The van der Waals surface area contributed by atoms with E-state index in [0.717, 1.165) is 63.4 Å². The second-order valence-corrected chi connectivity index (χ2v) is 26.8. The Kier molecular flexibility index (Phi) is 65.4. The van der Waals surface area contributed by atoms with Gasteiger partial charge in [-0.15, -0.1) is 35.7 Å². The summed E-state index contributed by atoms with van der Waals surface area (Å²) < 4.78 is 53.3. The Morgan fingerprint density at radius 3 is 0.786 bits per heavy atom. The highest BCUT2D eigenvalue weighted by molar-refractivity contribution is 6.39. The molecule has 1 aromatic heterocycles. The summed E-state index contributed by atoms with van der Waals surface area (Å²) in [6.45, 7) is 17.5. The van der Waals surface area contributed by atoms with Crippen molar-refractivity contribution in [2.75, 3.05) is 46.2 Å². The van der Waals surface area contributed by atoms with E-state index in [2.05, 4.69) is 129 Å². The van der Waals surface area contributed by atoms with Crippen LogP contribution in [0.4, 0.5) is 17.6 Å². The smallest absolute Gasteiger partial charge is 0.237 e. The molecule has 0 bridgehead atoms. The van der Waals surface area contributed by atoms with E-state index in [1.54, 1.807) is 67.7 Å². The highest BCUT2D eigenvalue weighted by Crippen LogP contribution is 2.24. The summed E-state index contributed by atoms with van der Waals surface area (Å²) in [6.07, 6.45) is 20.8. The minimum Gasteiger partial charge on any atom is -0.367 e. The molecular weight excluding hydrogens is 1810 g/mol. The van der Waals surface area contributed by atoms with Crippen LogP contribution >= 0.6 is 92.8 Å². The fourth-order valence-electron chi connectivity index (χ4n) is 7.29. The first-order chi connectivity index (χ1) is 60.7. The third-order valence-corrected chi connectivity index (χ3v) is 15.9. The van der Waals surface area contributed by atoms with Crippen molar-refractivity contribution >= 4 is 178 Å². The van der Waals surface area contributed by atoms with Crippen molar-refractivity contribution in [3.8, 4) is 0 Å². The molecule has 6 aromatic carbocycles. The van der Waals surface area contributed by atoms with Crippen LogP contribution in [0.2, 0.25) is 40.2 Å². The van der Waals surface area contributed by atoms with Crippen molar-refractivity contribution in [2.45, 2.75) is 106 Å². The summed E-state index contributed by atoms with van der Waals surface area (Å²) in [6, 6.07) is 31.6. The first-order valence-electron chi connectivity index (χ1n) is 38.0. The van der Waals surface area contributed by atoms with Crippen LogP contribution in [0.5, 0.6) is 0 Å². The number of nitrogens with zero attached hydrogens (tertiary/aromatic N) is 15. The summed E-state index contributed by atoms with van der Waals surface area (Å²) in [4.78, 5) is 38.5. The number of hydroxylamine groups is 7. The lowest BCUT2D eigenvalue weighted by Gasteiger charge is -2.03. The molecule has 0 aliphatic rings. The number of benzene rings is 6. The third-order valence-electron chi connectivity index (χ3n) is 13.3. The Bertz CT molecular complexity index is 4450. The van der Waals surface area contributed by atoms with E-state index in [0.29, 0.717) is 77.5 Å². The van der Waals surface area contributed by atoms with Crippen LogP contribution in [-0.2, 0) is 33.9 Å². The maximum atomic E-state index is 13.4. The van der Waals surface area contributed by atoms with Gasteiger partial charge in [0.1, 0.15) is 23.3 Å². The molecule has 0 aliphatic heterocycles. The first-order valence-corrected chi connectivity index (χ1v) is 41.0. The van der Waals surface area contributed by atoms with Crippen LogP contribution < -0.4 is 78.5 Å². The number of nitrogens with one attached hydrogen (secondary N) is 7. The third kappa shape index (κ3) is 55.2. The number of hydrogen-bond acceptors (Lipinski definition) is 22. The molecule has 7 aromatic rings. The summed E-state index contributed by atoms with van der Waals surface area (Å²) >= 11 is 46.9. The van der Waals surface area contributed by atoms with Crippen molar-refractivity contribution in [1.82, 2.24) is 43.3 Å². The van der Waals surface area contributed by atoms with Crippen molar-refractivity contribution in [3.63, 3.8) is 0 Å². The fourth-order valence-corrected chi connectivity index (χ4v) is 8.98. The predicted molar refractivity (Wildman–Crippen MR) is 502 cm³/mol. The number of aromatic nitrogens is 1. The molecule has 0 atom stereocenters. The van der Waals surface area contributed by atoms with Crippen molar-refractivity contribution in [1.29, 1.82) is 0 Å². The zero-order chi connectivity index (χ0) is 93.3. The molecule has 0 unspecified atom stereocenters. The van der Waals surface area contributed by atoms with Gasteiger partial charge in [-0.1, -0.05) is 202 Å². The zero-order valence-corrected chi connectivity index (χ0v) is 75.7. The lowest BCUT2D eigenvalue weighted by Crippen LogP contribution is -2.31. The second kappa shape index (κ2) is 73.0. The van der Waals surface area contributed by atoms with Crippen LogP contribution in [-0.4, -0.2) is 136 Å². The monoisotopic (exact) mass is 1910 g/mol. The fraction of sp³-hybridized carbons (Fsp3) is 0.295. The van der Waals surface area contributed by atoms with Crippen LogP contribution in [0.1, 0.15) is 145 Å². The lowest BCUT2D eigenvalue weighted by molar-refractivity contribution is 0.0816. The molecule has 686 valence electrons. The van der Waals surface area contributed by atoms with E-state index < -0.39 is 23.3 Å². The van der Waals surface area contributed by atoms with Crippen molar-refractivity contribution in [2.24, 2.45) is 112 Å². The number of unbranched alkanes of at least 4 members (excludes halogenated alkanes) is 3. The number of hydrogen-bond donors (Lipinski definition) is 14. The van der Waals surface area contributed by atoms with Gasteiger partial charge < -0.3 is 40.1 Å². The maximum absolute atomic E-state index is 13.4. The highest BCUT2D eigenvalue weighted by Gasteiger charge is 2.09. The van der Waals surface area contributed by atoms with Gasteiger partial charge in [-0.3, -0.25) is 38.8 Å². The highest BCUT2D eigenvalue weighted by atomic mass is 35.5. The van der Waals surface area contributed by atoms with Crippen LogP contribution in [0, 0.1) is 23.3 Å². The molecule has 126 heavy (non-hydrogen) atoms. The van der Waals surface area contributed by atoms with Gasteiger partial charge in [-0.2, -0.15) is 35.7 Å². The molecule has 0 fully saturated rings. The van der Waals surface area contributed by atoms with Gasteiger partial charge in [0.25, 0.3) is 0 Å². The van der Waals surface area contributed by atoms with Gasteiger partial charge in [-0.25, -0.2) is 55.9 Å². The zero-order valence-electron chi connectivity index (χ0n) is 69.7. The van der Waals surface area contributed by atoms with Crippen molar-refractivity contribution < 1.29 is 51.4 Å². The number of guanidine groups is 7. The predicted octanol–water partition coefficient (Wildman–Crippen LogP) is 14.8. The molecule has 21 N–H and O–H groups in total. The van der Waals surface area contributed by atoms with Gasteiger partial charge in [-0.05, 0) is 118 Å². The van der Waals surface area contributed by atoms with Crippen LogP contribution in [0.25, 0.3) is 0 Å². The largest absolute Gasteiger partial charge is 0.367 e. The maximum Gasteiger partial charge on any atom is 0.237 e. The molecule has 0 aliphatic carbocycles. The summed E-state index contributed by atoms with van der Waals surface area (Å²) in [5.74, 6) is -1.74. The molecule has 0 spiro atoms. The summed E-state index contributed by atoms with van der Waals surface area (Å²) in [5.41, 5.74) is 57.9. The topological polar surface area (TPSA) is 517 Å². The molecule has 0 saturated heterocycles. The number of pyridine rings is 1. The van der Waals surface area contributed by atoms with E-state index in [-0.39, 0.29) is 84.1 Å². The Morgan fingerprint density at radius 2 is 0.524 bits per heavy atom. The molecule has 36 nitrogen and oxygen atoms in total. The van der Waals surface area contributed by atoms with Gasteiger partial charge in [0.2, 0.25) is 41.7 Å². The molecule has 0 amide bonds. The second-order valence-electron chi connectivity index (χ2n) is 23.5. The summed E-state index contributed by atoms with van der Waals surface area (Å²) in [5, 5.41) is 54.3. The molecular formula is C78H103Cl8F4N29O7. The standard InChI is InChI=1S/C12H16Cl2N4O.C12H16ClFN4O.C12H17ClN4O.2C11H14ClFN4O.C10H12ClFN4O.C10H14ClN5O/c2*1-2-3-7-19-18-12(15)17-16-8-9-10(13)5-4-6-11(9)14;1-2-3-8-18-17-12(14)16-15-9-10-6-4-5-7-11(10)13;2*1-2-6-18-17-11(14)16-15-7-8-9(12)4-3-5-10(8)13;1-2-17-16-10(13)15-14-6-7-8(11)4-3-5-9(7)12;1-2-5-17-16-10(12)15-14-6-8-3-4-13-7-9(8)11/h2*4-6,8H,2-3,7H2,1H3,(H3,15,17,18);4-7,9H,2-3,8H2,1H3,(H3,14,16,17);2*3-5,7H,2,6H2,1H3,(H3,14,16,17);3-6H,2H2,1H3,(H3,13,15,16);3-4,6-7H,2,5H2,1H3,(H3,12,15,16)/b2*16-8+;15-9+;2*15-7+;2*14-6+. The van der Waals surface area contributed by atoms with E-state index in [1.807, 2.05) is 45.9 Å². The van der Waals surface area contributed by atoms with Crippen molar-refractivity contribution in [3.05, 3.63) is 236 Å². The lowest BCUT2D eigenvalue weighted by atomic mass is 10.2. The van der Waals surface area contributed by atoms with Crippen LogP contribution in [0.15, 0.2) is 205 Å². The molecule has 48 heteroatoms. The van der Waals surface area contributed by atoms with Gasteiger partial charge in [0, 0.05) is 56.4 Å². The quantitative estimate of drug-likeness (QED) is 0.00565. The van der Waals surface area contributed by atoms with Gasteiger partial charge in [0.15, 0.2) is 0 Å². The van der Waals surface area contributed by atoms with E-state index in [4.69, 9.17) is 167 Å². The minimum atomic E-state index is -0.479. The summed E-state index contributed by atoms with van der Waals surface area (Å²) in [7, 11) is 0.